The van der Waals surface area contributed by atoms with E-state index in [1.807, 2.05) is 0 Å². The molecule has 2 aliphatic rings. The second-order valence-corrected chi connectivity index (χ2v) is 7.21. The molecule has 1 saturated carbocycles. The number of aliphatic hydroxyl groups is 1. The lowest BCUT2D eigenvalue weighted by molar-refractivity contribution is -0.140. The minimum atomic E-state index is -4.36. The maximum atomic E-state index is 12.7. The molecule has 0 bridgehead atoms. The van der Waals surface area contributed by atoms with Gasteiger partial charge in [-0.2, -0.15) is 13.2 Å². The number of thiazole rings is 1. The largest absolute Gasteiger partial charge is 0.434 e. The summed E-state index contributed by atoms with van der Waals surface area (Å²) in [6, 6.07) is 0.165. The summed E-state index contributed by atoms with van der Waals surface area (Å²) in [5.74, 6) is 0.0592. The van der Waals surface area contributed by atoms with Crippen LogP contribution in [-0.4, -0.2) is 40.2 Å². The van der Waals surface area contributed by atoms with Crippen molar-refractivity contribution in [2.45, 2.75) is 62.8 Å². The average Bonchev–Trinajstić information content (AvgIpc) is 2.98. The smallest absolute Gasteiger partial charge is 0.391 e. The van der Waals surface area contributed by atoms with Crippen LogP contribution in [-0.2, 0) is 6.18 Å². The summed E-state index contributed by atoms with van der Waals surface area (Å²) < 4.78 is 38.1. The summed E-state index contributed by atoms with van der Waals surface area (Å²) in [5.41, 5.74) is -0.776. The van der Waals surface area contributed by atoms with E-state index in [2.05, 4.69) is 9.88 Å². The van der Waals surface area contributed by atoms with Crippen molar-refractivity contribution < 1.29 is 18.3 Å². The van der Waals surface area contributed by atoms with E-state index in [1.54, 1.807) is 0 Å². The zero-order valence-electron chi connectivity index (χ0n) is 12.4. The van der Waals surface area contributed by atoms with Gasteiger partial charge in [-0.1, -0.05) is 12.8 Å². The molecule has 1 aliphatic heterocycles. The molecular formula is C15H21F3N2OS. The summed E-state index contributed by atoms with van der Waals surface area (Å²) in [7, 11) is 0. The van der Waals surface area contributed by atoms with E-state index >= 15 is 0 Å². The Hall–Kier alpha value is -0.660. The zero-order valence-corrected chi connectivity index (χ0v) is 13.2. The quantitative estimate of drug-likeness (QED) is 0.897. The van der Waals surface area contributed by atoms with Crippen molar-refractivity contribution >= 4 is 11.3 Å². The van der Waals surface area contributed by atoms with Gasteiger partial charge in [-0.05, 0) is 32.2 Å². The molecule has 0 aromatic carbocycles. The molecule has 7 heteroatoms. The normalized spacial score (nSPS) is 31.4. The standard InChI is InChI=1S/C15H21F3N2OS/c16-15(17,18)13-9-22-14(19-13)10-4-3-7-20(8-10)11-5-1-2-6-12(11)21/h9-12,21H,1-8H2. The number of aliphatic hydroxyl groups excluding tert-OH is 1. The summed E-state index contributed by atoms with van der Waals surface area (Å²) >= 11 is 1.11. The highest BCUT2D eigenvalue weighted by molar-refractivity contribution is 7.09. The highest BCUT2D eigenvalue weighted by Gasteiger charge is 2.36. The van der Waals surface area contributed by atoms with Gasteiger partial charge in [0.25, 0.3) is 0 Å². The lowest BCUT2D eigenvalue weighted by atomic mass is 9.88. The number of halogens is 3. The molecule has 1 aromatic heterocycles. The third kappa shape index (κ3) is 3.46. The van der Waals surface area contributed by atoms with Gasteiger partial charge in [0.1, 0.15) is 0 Å². The van der Waals surface area contributed by atoms with Crippen molar-refractivity contribution in [3.05, 3.63) is 16.1 Å². The van der Waals surface area contributed by atoms with Crippen molar-refractivity contribution in [1.29, 1.82) is 0 Å². The summed E-state index contributed by atoms with van der Waals surface area (Å²) in [6.07, 6.45) is 1.19. The Balaban J connectivity index is 1.69. The average molecular weight is 334 g/mol. The van der Waals surface area contributed by atoms with Crippen LogP contribution in [0.3, 0.4) is 0 Å². The first-order chi connectivity index (χ1) is 10.4. The van der Waals surface area contributed by atoms with Gasteiger partial charge in [-0.25, -0.2) is 4.98 Å². The number of hydrogen-bond acceptors (Lipinski definition) is 4. The molecule has 1 aromatic rings. The van der Waals surface area contributed by atoms with Crippen LogP contribution >= 0.6 is 11.3 Å². The molecule has 1 aliphatic carbocycles. The number of nitrogens with zero attached hydrogens (tertiary/aromatic N) is 2. The molecular weight excluding hydrogens is 313 g/mol. The molecule has 124 valence electrons. The summed E-state index contributed by atoms with van der Waals surface area (Å²) in [5, 5.41) is 11.9. The van der Waals surface area contributed by atoms with Crippen LogP contribution in [0.2, 0.25) is 0 Å². The fourth-order valence-electron chi connectivity index (χ4n) is 3.63. The number of alkyl halides is 3. The number of hydrogen-bond donors (Lipinski definition) is 1. The van der Waals surface area contributed by atoms with E-state index in [0.717, 1.165) is 61.8 Å². The van der Waals surface area contributed by atoms with E-state index in [9.17, 15) is 18.3 Å². The lowest BCUT2D eigenvalue weighted by Gasteiger charge is -2.41. The minimum Gasteiger partial charge on any atom is -0.391 e. The molecule has 3 rings (SSSR count). The number of piperidine rings is 1. The Kier molecular flexibility index (Phi) is 4.75. The van der Waals surface area contributed by atoms with Gasteiger partial charge in [0.15, 0.2) is 5.69 Å². The Morgan fingerprint density at radius 2 is 1.95 bits per heavy atom. The van der Waals surface area contributed by atoms with Crippen LogP contribution in [0.15, 0.2) is 5.38 Å². The Labute approximate surface area is 132 Å². The Morgan fingerprint density at radius 3 is 2.64 bits per heavy atom. The molecule has 2 fully saturated rings. The summed E-state index contributed by atoms with van der Waals surface area (Å²) in [4.78, 5) is 6.08. The van der Waals surface area contributed by atoms with E-state index in [-0.39, 0.29) is 18.1 Å². The van der Waals surface area contributed by atoms with Gasteiger partial charge in [0.05, 0.1) is 11.1 Å². The minimum absolute atomic E-state index is 0.0592. The van der Waals surface area contributed by atoms with Gasteiger partial charge >= 0.3 is 6.18 Å². The molecule has 1 saturated heterocycles. The molecule has 3 nitrogen and oxygen atoms in total. The Bertz CT molecular complexity index is 505. The first kappa shape index (κ1) is 16.2. The number of rotatable bonds is 2. The summed E-state index contributed by atoms with van der Waals surface area (Å²) in [6.45, 7) is 1.64. The van der Waals surface area contributed by atoms with Crippen LogP contribution in [0.1, 0.15) is 55.1 Å². The topological polar surface area (TPSA) is 36.4 Å². The van der Waals surface area contributed by atoms with E-state index in [4.69, 9.17) is 0 Å². The van der Waals surface area contributed by atoms with Crippen LogP contribution in [0, 0.1) is 0 Å². The van der Waals surface area contributed by atoms with E-state index < -0.39 is 11.9 Å². The van der Waals surface area contributed by atoms with E-state index in [1.165, 1.54) is 0 Å². The van der Waals surface area contributed by atoms with Crippen LogP contribution in [0.4, 0.5) is 13.2 Å². The molecule has 0 radical (unpaired) electrons. The van der Waals surface area contributed by atoms with E-state index in [0.29, 0.717) is 11.6 Å². The SMILES string of the molecule is OC1CCCCC1N1CCCC(c2nc(C(F)(F)F)cs2)C1. The zero-order chi connectivity index (χ0) is 15.7. The third-order valence-electron chi connectivity index (χ3n) is 4.78. The highest BCUT2D eigenvalue weighted by atomic mass is 32.1. The predicted octanol–water partition coefficient (Wildman–Crippen LogP) is 3.64. The van der Waals surface area contributed by atoms with Crippen molar-refractivity contribution in [2.75, 3.05) is 13.1 Å². The Morgan fingerprint density at radius 1 is 1.18 bits per heavy atom. The van der Waals surface area contributed by atoms with Gasteiger partial charge in [0, 0.05) is 23.9 Å². The van der Waals surface area contributed by atoms with Gasteiger partial charge in [-0.3, -0.25) is 4.90 Å². The van der Waals surface area contributed by atoms with Crippen LogP contribution in [0.25, 0.3) is 0 Å². The first-order valence-electron chi connectivity index (χ1n) is 7.90. The fraction of sp³-hybridized carbons (Fsp3) is 0.800. The molecule has 3 atom stereocenters. The van der Waals surface area contributed by atoms with Gasteiger partial charge in [0.2, 0.25) is 0 Å². The van der Waals surface area contributed by atoms with Crippen molar-refractivity contribution in [1.82, 2.24) is 9.88 Å². The molecule has 3 unspecified atom stereocenters. The van der Waals surface area contributed by atoms with Crippen LogP contribution in [0.5, 0.6) is 0 Å². The maximum Gasteiger partial charge on any atom is 0.434 e. The molecule has 1 N–H and O–H groups in total. The van der Waals surface area contributed by atoms with Crippen molar-refractivity contribution in [2.24, 2.45) is 0 Å². The second-order valence-electron chi connectivity index (χ2n) is 6.32. The highest BCUT2D eigenvalue weighted by Crippen LogP contribution is 2.36. The second kappa shape index (κ2) is 6.45. The molecule has 0 spiro atoms. The predicted molar refractivity (Wildman–Crippen MR) is 78.9 cm³/mol. The van der Waals surface area contributed by atoms with Crippen molar-refractivity contribution in [3.8, 4) is 0 Å². The molecule has 0 amide bonds. The van der Waals surface area contributed by atoms with Crippen molar-refractivity contribution in [3.63, 3.8) is 0 Å². The van der Waals surface area contributed by atoms with Gasteiger partial charge in [-0.15, -0.1) is 11.3 Å². The van der Waals surface area contributed by atoms with Gasteiger partial charge < -0.3 is 5.11 Å². The maximum absolute atomic E-state index is 12.7. The lowest BCUT2D eigenvalue weighted by Crippen LogP contribution is -2.49. The fourth-order valence-corrected chi connectivity index (χ4v) is 4.59. The first-order valence-corrected chi connectivity index (χ1v) is 8.78. The monoisotopic (exact) mass is 334 g/mol. The third-order valence-corrected chi connectivity index (χ3v) is 5.78. The molecule has 2 heterocycles. The van der Waals surface area contributed by atoms with Crippen LogP contribution < -0.4 is 0 Å². The number of likely N-dealkylation sites (tertiary alicyclic amines) is 1. The molecule has 22 heavy (non-hydrogen) atoms. The number of aromatic nitrogens is 1.